The van der Waals surface area contributed by atoms with E-state index in [1.807, 2.05) is 0 Å². The Bertz CT molecular complexity index is 344. The molecule has 0 spiro atoms. The van der Waals surface area contributed by atoms with Gasteiger partial charge in [0.2, 0.25) is 5.88 Å². The van der Waals surface area contributed by atoms with Crippen LogP contribution >= 0.6 is 11.6 Å². The lowest BCUT2D eigenvalue weighted by atomic mass is 10.4. The van der Waals surface area contributed by atoms with E-state index in [4.69, 9.17) is 21.4 Å². The molecule has 0 bridgehead atoms. The summed E-state index contributed by atoms with van der Waals surface area (Å²) in [4.78, 5) is 13.5. The van der Waals surface area contributed by atoms with Gasteiger partial charge in [0.1, 0.15) is 11.8 Å². The van der Waals surface area contributed by atoms with E-state index < -0.39 is 4.92 Å². The van der Waals surface area contributed by atoms with E-state index in [9.17, 15) is 10.1 Å². The molecule has 1 aromatic rings. The van der Waals surface area contributed by atoms with E-state index in [1.165, 1.54) is 0 Å². The Morgan fingerprint density at radius 3 is 2.93 bits per heavy atom. The van der Waals surface area contributed by atoms with E-state index in [1.54, 1.807) is 0 Å². The molecule has 0 amide bonds. The summed E-state index contributed by atoms with van der Waals surface area (Å²) in [6.45, 7) is -0.174. The summed E-state index contributed by atoms with van der Waals surface area (Å²) in [6.07, 6.45) is 0. The van der Waals surface area contributed by atoms with Crippen molar-refractivity contribution in [2.75, 3.05) is 13.2 Å². The van der Waals surface area contributed by atoms with Crippen LogP contribution in [0.4, 0.5) is 5.69 Å². The Morgan fingerprint density at radius 1 is 1.64 bits per heavy atom. The maximum atomic E-state index is 10.4. The standard InChI is InChI=1S/C7H7ClN2O4/c8-6-3-5(10(12)13)4-7(9-6)14-2-1-11/h3-4,11H,1-2H2. The molecule has 1 rings (SSSR count). The summed E-state index contributed by atoms with van der Waals surface area (Å²) in [5, 5.41) is 18.8. The molecule has 0 aromatic carbocycles. The van der Waals surface area contributed by atoms with Crippen LogP contribution in [0.15, 0.2) is 12.1 Å². The highest BCUT2D eigenvalue weighted by Gasteiger charge is 2.10. The number of pyridine rings is 1. The topological polar surface area (TPSA) is 85.5 Å². The van der Waals surface area contributed by atoms with Crippen LogP contribution in [0.2, 0.25) is 5.15 Å². The number of nitrogens with zero attached hydrogens (tertiary/aromatic N) is 2. The first-order valence-corrected chi connectivity index (χ1v) is 4.07. The lowest BCUT2D eigenvalue weighted by Gasteiger charge is -2.02. The fraction of sp³-hybridized carbons (Fsp3) is 0.286. The zero-order chi connectivity index (χ0) is 10.6. The second kappa shape index (κ2) is 4.73. The Kier molecular flexibility index (Phi) is 3.61. The van der Waals surface area contributed by atoms with E-state index in [-0.39, 0.29) is 29.9 Å². The molecule has 7 heteroatoms. The average molecular weight is 219 g/mol. The van der Waals surface area contributed by atoms with Crippen molar-refractivity contribution < 1.29 is 14.8 Å². The van der Waals surface area contributed by atoms with Crippen molar-refractivity contribution in [3.8, 4) is 5.88 Å². The molecule has 6 nitrogen and oxygen atoms in total. The fourth-order valence-electron chi connectivity index (χ4n) is 0.790. The van der Waals surface area contributed by atoms with Gasteiger partial charge in [0.15, 0.2) is 0 Å². The lowest BCUT2D eigenvalue weighted by Crippen LogP contribution is -2.03. The minimum absolute atomic E-state index is 0.0183. The second-order valence-electron chi connectivity index (χ2n) is 2.32. The number of aromatic nitrogens is 1. The van der Waals surface area contributed by atoms with Crippen molar-refractivity contribution in [3.63, 3.8) is 0 Å². The smallest absolute Gasteiger partial charge is 0.277 e. The highest BCUT2D eigenvalue weighted by molar-refractivity contribution is 6.29. The molecule has 0 saturated heterocycles. The lowest BCUT2D eigenvalue weighted by molar-refractivity contribution is -0.385. The third-order valence-corrected chi connectivity index (χ3v) is 1.50. The van der Waals surface area contributed by atoms with Crippen molar-refractivity contribution >= 4 is 17.3 Å². The van der Waals surface area contributed by atoms with Gasteiger partial charge in [0, 0.05) is 0 Å². The monoisotopic (exact) mass is 218 g/mol. The molecule has 1 heterocycles. The zero-order valence-electron chi connectivity index (χ0n) is 7.01. The third-order valence-electron chi connectivity index (χ3n) is 1.31. The van der Waals surface area contributed by atoms with Crippen LogP contribution in [0, 0.1) is 10.1 Å². The number of ether oxygens (including phenoxy) is 1. The Hall–Kier alpha value is -1.40. The minimum Gasteiger partial charge on any atom is -0.475 e. The summed E-state index contributed by atoms with van der Waals surface area (Å²) < 4.78 is 4.88. The van der Waals surface area contributed by atoms with Gasteiger partial charge in [0.05, 0.1) is 23.7 Å². The molecule has 0 radical (unpaired) electrons. The SMILES string of the molecule is O=[N+]([O-])c1cc(Cl)nc(OCCO)c1. The second-order valence-corrected chi connectivity index (χ2v) is 2.70. The van der Waals surface area contributed by atoms with Crippen LogP contribution in [0.25, 0.3) is 0 Å². The van der Waals surface area contributed by atoms with Crippen LogP contribution in [0.1, 0.15) is 0 Å². The predicted octanol–water partition coefficient (Wildman–Crippen LogP) is 1.01. The van der Waals surface area contributed by atoms with E-state index >= 15 is 0 Å². The molecule has 14 heavy (non-hydrogen) atoms. The third kappa shape index (κ3) is 2.82. The van der Waals surface area contributed by atoms with E-state index in [0.717, 1.165) is 12.1 Å². The number of aliphatic hydroxyl groups excluding tert-OH is 1. The molecule has 76 valence electrons. The molecule has 0 aliphatic carbocycles. The quantitative estimate of drug-likeness (QED) is 0.463. The van der Waals surface area contributed by atoms with Crippen molar-refractivity contribution in [1.29, 1.82) is 0 Å². The number of aliphatic hydroxyl groups is 1. The van der Waals surface area contributed by atoms with Crippen molar-refractivity contribution in [3.05, 3.63) is 27.4 Å². The van der Waals surface area contributed by atoms with Crippen LogP contribution < -0.4 is 4.74 Å². The van der Waals surface area contributed by atoms with Gasteiger partial charge >= 0.3 is 0 Å². The molecule has 0 unspecified atom stereocenters. The zero-order valence-corrected chi connectivity index (χ0v) is 7.77. The Morgan fingerprint density at radius 2 is 2.36 bits per heavy atom. The van der Waals surface area contributed by atoms with Crippen LogP contribution in [0.5, 0.6) is 5.88 Å². The number of halogens is 1. The highest BCUT2D eigenvalue weighted by atomic mass is 35.5. The van der Waals surface area contributed by atoms with Crippen LogP contribution in [0.3, 0.4) is 0 Å². The first kappa shape index (κ1) is 10.7. The molecular weight excluding hydrogens is 212 g/mol. The summed E-state index contributed by atoms with van der Waals surface area (Å²) in [6, 6.07) is 2.26. The van der Waals surface area contributed by atoms with Gasteiger partial charge in [0.25, 0.3) is 5.69 Å². The number of hydrogen-bond donors (Lipinski definition) is 1. The number of hydrogen-bond acceptors (Lipinski definition) is 5. The molecular formula is C7H7ClN2O4. The molecule has 0 aliphatic heterocycles. The van der Waals surface area contributed by atoms with Gasteiger partial charge < -0.3 is 9.84 Å². The molecule has 0 fully saturated rings. The van der Waals surface area contributed by atoms with Gasteiger partial charge in [-0.15, -0.1) is 0 Å². The predicted molar refractivity (Wildman–Crippen MR) is 48.5 cm³/mol. The van der Waals surface area contributed by atoms with Crippen LogP contribution in [-0.2, 0) is 0 Å². The van der Waals surface area contributed by atoms with Crippen molar-refractivity contribution in [1.82, 2.24) is 4.98 Å². The maximum absolute atomic E-state index is 10.4. The maximum Gasteiger partial charge on any atom is 0.277 e. The fourth-order valence-corrected chi connectivity index (χ4v) is 0.985. The van der Waals surface area contributed by atoms with E-state index in [2.05, 4.69) is 4.98 Å². The van der Waals surface area contributed by atoms with Gasteiger partial charge in [-0.3, -0.25) is 10.1 Å². The largest absolute Gasteiger partial charge is 0.475 e. The first-order chi connectivity index (χ1) is 6.63. The summed E-state index contributed by atoms with van der Waals surface area (Å²) >= 11 is 5.51. The first-order valence-electron chi connectivity index (χ1n) is 3.69. The summed E-state index contributed by atoms with van der Waals surface area (Å²) in [5.74, 6) is 0.0262. The average Bonchev–Trinajstić information content (AvgIpc) is 2.14. The Labute approximate surface area is 84.2 Å². The van der Waals surface area contributed by atoms with Gasteiger partial charge in [-0.05, 0) is 0 Å². The van der Waals surface area contributed by atoms with Crippen molar-refractivity contribution in [2.45, 2.75) is 0 Å². The Balaban J connectivity index is 2.89. The molecule has 0 aliphatic rings. The number of nitro groups is 1. The molecule has 0 atom stereocenters. The minimum atomic E-state index is -0.598. The van der Waals surface area contributed by atoms with Gasteiger partial charge in [-0.1, -0.05) is 11.6 Å². The summed E-state index contributed by atoms with van der Waals surface area (Å²) in [7, 11) is 0. The molecule has 1 N–H and O–H groups in total. The van der Waals surface area contributed by atoms with E-state index in [0.29, 0.717) is 0 Å². The van der Waals surface area contributed by atoms with Crippen molar-refractivity contribution in [2.24, 2.45) is 0 Å². The summed E-state index contributed by atoms with van der Waals surface area (Å²) in [5.41, 5.74) is -0.196. The number of rotatable bonds is 4. The van der Waals surface area contributed by atoms with Crippen LogP contribution in [-0.4, -0.2) is 28.2 Å². The normalized spacial score (nSPS) is 9.86. The molecule has 0 saturated carbocycles. The van der Waals surface area contributed by atoms with Gasteiger partial charge in [-0.2, -0.15) is 0 Å². The highest BCUT2D eigenvalue weighted by Crippen LogP contribution is 2.21. The molecule has 1 aromatic heterocycles. The van der Waals surface area contributed by atoms with Gasteiger partial charge in [-0.25, -0.2) is 4.98 Å².